The minimum atomic E-state index is -3.77. The van der Waals surface area contributed by atoms with Crippen molar-refractivity contribution in [1.82, 2.24) is 19.7 Å². The van der Waals surface area contributed by atoms with Crippen molar-refractivity contribution in [1.29, 1.82) is 0 Å². The molecule has 0 spiro atoms. The van der Waals surface area contributed by atoms with E-state index in [4.69, 9.17) is 0 Å². The maximum Gasteiger partial charge on any atom is 0.254 e. The molecule has 1 N–H and O–H groups in total. The minimum absolute atomic E-state index is 0.0712. The number of aromatic hydroxyl groups is 1. The van der Waals surface area contributed by atoms with Gasteiger partial charge in [-0.25, -0.2) is 13.4 Å². The smallest absolute Gasteiger partial charge is 0.254 e. The molecule has 9 heteroatoms. The highest BCUT2D eigenvalue weighted by atomic mass is 32.2. The molecule has 0 saturated heterocycles. The minimum Gasteiger partial charge on any atom is -0.493 e. The van der Waals surface area contributed by atoms with Crippen LogP contribution in [0.3, 0.4) is 0 Å². The summed E-state index contributed by atoms with van der Waals surface area (Å²) in [5.74, 6) is -0.470. The first-order valence-electron chi connectivity index (χ1n) is 9.75. The van der Waals surface area contributed by atoms with E-state index in [9.17, 15) is 18.3 Å². The van der Waals surface area contributed by atoms with Gasteiger partial charge in [0.2, 0.25) is 15.7 Å². The molecular formula is C22H22N4O4S. The summed E-state index contributed by atoms with van der Waals surface area (Å²) in [6.07, 6.45) is 7.83. The Kier molecular flexibility index (Phi) is 5.36. The lowest BCUT2D eigenvalue weighted by atomic mass is 10.1. The number of benzene rings is 1. The Balaban J connectivity index is 1.60. The number of rotatable bonds is 7. The molecule has 8 nitrogen and oxygen atoms in total. The first-order valence-corrected chi connectivity index (χ1v) is 11.2. The molecule has 0 unspecified atom stereocenters. The zero-order valence-corrected chi connectivity index (χ0v) is 17.8. The molecule has 0 radical (unpaired) electrons. The van der Waals surface area contributed by atoms with E-state index < -0.39 is 9.84 Å². The Labute approximate surface area is 180 Å². The van der Waals surface area contributed by atoms with Gasteiger partial charge in [-0.2, -0.15) is 5.10 Å². The third-order valence-corrected chi connectivity index (χ3v) is 6.92. The van der Waals surface area contributed by atoms with Gasteiger partial charge in [-0.3, -0.25) is 9.48 Å². The summed E-state index contributed by atoms with van der Waals surface area (Å²) in [5.41, 5.74) is 1.22. The summed E-state index contributed by atoms with van der Waals surface area (Å²) in [4.78, 5) is 18.4. The molecule has 1 saturated carbocycles. The van der Waals surface area contributed by atoms with E-state index in [1.54, 1.807) is 30.1 Å². The summed E-state index contributed by atoms with van der Waals surface area (Å²) in [6.45, 7) is 3.88. The Morgan fingerprint density at radius 3 is 2.77 bits per heavy atom. The monoisotopic (exact) mass is 438 g/mol. The van der Waals surface area contributed by atoms with Crippen LogP contribution in [0.25, 0.3) is 6.08 Å². The quantitative estimate of drug-likeness (QED) is 0.608. The molecule has 1 aliphatic rings. The molecule has 1 aliphatic carbocycles. The SMILES string of the molecule is C=Cc1cc(S(=O)(=O)c2cnn(C3CC3)c2)ccc1C(=O)N(C)Cc1cccnc1O. The molecule has 4 rings (SSSR count). The average Bonchev–Trinajstić information content (AvgIpc) is 3.50. The Morgan fingerprint density at radius 2 is 2.10 bits per heavy atom. The van der Waals surface area contributed by atoms with E-state index >= 15 is 0 Å². The molecule has 3 aromatic rings. The van der Waals surface area contributed by atoms with Crippen LogP contribution in [0.2, 0.25) is 0 Å². The zero-order chi connectivity index (χ0) is 22.2. The van der Waals surface area contributed by atoms with Gasteiger partial charge in [0, 0.05) is 30.6 Å². The highest BCUT2D eigenvalue weighted by Gasteiger charge is 2.28. The van der Waals surface area contributed by atoms with E-state index in [2.05, 4.69) is 16.7 Å². The fourth-order valence-corrected chi connectivity index (χ4v) is 4.53. The standard InChI is InChI=1S/C22H22N4O4S/c1-3-15-11-18(31(29,30)19-12-24-26(14-19)17-6-7-17)8-9-20(15)22(28)25(2)13-16-5-4-10-23-21(16)27/h3-5,8-12,14,17H,1,6-7,13H2,2H3,(H,23,27). The van der Waals surface area contributed by atoms with Crippen LogP contribution in [0.15, 0.2) is 65.3 Å². The van der Waals surface area contributed by atoms with Gasteiger partial charge in [0.1, 0.15) is 4.90 Å². The van der Waals surface area contributed by atoms with Crippen LogP contribution < -0.4 is 0 Å². The van der Waals surface area contributed by atoms with Gasteiger partial charge >= 0.3 is 0 Å². The fourth-order valence-electron chi connectivity index (χ4n) is 3.29. The number of hydrogen-bond donors (Lipinski definition) is 1. The molecule has 160 valence electrons. The second kappa shape index (κ2) is 7.99. The van der Waals surface area contributed by atoms with Crippen LogP contribution in [0.1, 0.15) is 40.4 Å². The Morgan fingerprint density at radius 1 is 1.32 bits per heavy atom. The molecular weight excluding hydrogens is 416 g/mol. The van der Waals surface area contributed by atoms with Gasteiger partial charge in [-0.05, 0) is 42.7 Å². The van der Waals surface area contributed by atoms with E-state index in [-0.39, 0.29) is 34.2 Å². The number of carbonyl (C=O) groups excluding carboxylic acids is 1. The Bertz CT molecular complexity index is 1260. The molecule has 0 bridgehead atoms. The maximum atomic E-state index is 13.0. The summed E-state index contributed by atoms with van der Waals surface area (Å²) < 4.78 is 27.8. The first-order chi connectivity index (χ1) is 14.8. The summed E-state index contributed by atoms with van der Waals surface area (Å²) >= 11 is 0. The van der Waals surface area contributed by atoms with E-state index in [0.717, 1.165) is 12.8 Å². The predicted molar refractivity (Wildman–Crippen MR) is 114 cm³/mol. The summed E-state index contributed by atoms with van der Waals surface area (Å²) in [7, 11) is -2.17. The highest BCUT2D eigenvalue weighted by Crippen LogP contribution is 2.35. The lowest BCUT2D eigenvalue weighted by Gasteiger charge is -2.19. The van der Waals surface area contributed by atoms with Crippen molar-refractivity contribution in [2.45, 2.75) is 35.2 Å². The van der Waals surface area contributed by atoms with Crippen molar-refractivity contribution in [3.05, 3.63) is 72.2 Å². The molecule has 0 aliphatic heterocycles. The van der Waals surface area contributed by atoms with Crippen molar-refractivity contribution < 1.29 is 18.3 Å². The van der Waals surface area contributed by atoms with Crippen LogP contribution in [0, 0.1) is 0 Å². The van der Waals surface area contributed by atoms with Gasteiger partial charge in [0.05, 0.1) is 23.7 Å². The number of carbonyl (C=O) groups is 1. The lowest BCUT2D eigenvalue weighted by molar-refractivity contribution is 0.0784. The van der Waals surface area contributed by atoms with Crippen molar-refractivity contribution in [3.8, 4) is 5.88 Å². The molecule has 1 aromatic carbocycles. The molecule has 1 amide bonds. The number of sulfone groups is 1. The normalized spacial score (nSPS) is 13.7. The zero-order valence-electron chi connectivity index (χ0n) is 17.0. The van der Waals surface area contributed by atoms with Gasteiger partial charge < -0.3 is 10.0 Å². The largest absolute Gasteiger partial charge is 0.493 e. The third kappa shape index (κ3) is 4.09. The molecule has 0 atom stereocenters. The van der Waals surface area contributed by atoms with Crippen molar-refractivity contribution in [3.63, 3.8) is 0 Å². The van der Waals surface area contributed by atoms with Gasteiger partial charge in [0.15, 0.2) is 0 Å². The maximum absolute atomic E-state index is 13.0. The van der Waals surface area contributed by atoms with Gasteiger partial charge in [0.25, 0.3) is 5.91 Å². The Hall–Kier alpha value is -3.46. The van der Waals surface area contributed by atoms with Crippen LogP contribution in [-0.2, 0) is 16.4 Å². The predicted octanol–water partition coefficient (Wildman–Crippen LogP) is 3.07. The summed E-state index contributed by atoms with van der Waals surface area (Å²) in [6, 6.07) is 7.98. The summed E-state index contributed by atoms with van der Waals surface area (Å²) in [5, 5.41) is 14.0. The van der Waals surface area contributed by atoms with Gasteiger partial charge in [-0.1, -0.05) is 18.7 Å². The highest BCUT2D eigenvalue weighted by molar-refractivity contribution is 7.91. The first kappa shape index (κ1) is 20.8. The number of aromatic nitrogens is 3. The second-order valence-corrected chi connectivity index (χ2v) is 9.44. The number of nitrogens with zero attached hydrogens (tertiary/aromatic N) is 4. The van der Waals surface area contributed by atoms with Crippen LogP contribution >= 0.6 is 0 Å². The molecule has 2 heterocycles. The van der Waals surface area contributed by atoms with E-state index in [1.807, 2.05) is 0 Å². The van der Waals surface area contributed by atoms with E-state index in [1.165, 1.54) is 41.6 Å². The average molecular weight is 439 g/mol. The van der Waals surface area contributed by atoms with Crippen molar-refractivity contribution in [2.24, 2.45) is 0 Å². The molecule has 31 heavy (non-hydrogen) atoms. The van der Waals surface area contributed by atoms with Crippen LogP contribution in [0.4, 0.5) is 0 Å². The molecule has 2 aromatic heterocycles. The number of hydrogen-bond acceptors (Lipinski definition) is 6. The van der Waals surface area contributed by atoms with Gasteiger partial charge in [-0.15, -0.1) is 0 Å². The van der Waals surface area contributed by atoms with Crippen LogP contribution in [-0.4, -0.2) is 46.1 Å². The number of pyridine rings is 1. The lowest BCUT2D eigenvalue weighted by Crippen LogP contribution is -2.27. The third-order valence-electron chi connectivity index (χ3n) is 5.21. The van der Waals surface area contributed by atoms with Crippen molar-refractivity contribution in [2.75, 3.05) is 7.05 Å². The number of amides is 1. The van der Waals surface area contributed by atoms with Crippen molar-refractivity contribution >= 4 is 21.8 Å². The molecule has 1 fully saturated rings. The topological polar surface area (TPSA) is 105 Å². The van der Waals surface area contributed by atoms with Crippen LogP contribution in [0.5, 0.6) is 5.88 Å². The fraction of sp³-hybridized carbons (Fsp3) is 0.227. The van der Waals surface area contributed by atoms with E-state index in [0.29, 0.717) is 16.7 Å². The second-order valence-electron chi connectivity index (χ2n) is 7.49.